The van der Waals surface area contributed by atoms with Crippen LogP contribution < -0.4 is 10.4 Å². The van der Waals surface area contributed by atoms with Crippen LogP contribution in [0.2, 0.25) is 0 Å². The van der Waals surface area contributed by atoms with Crippen LogP contribution >= 0.6 is 0 Å². The number of benzene rings is 1. The van der Waals surface area contributed by atoms with Crippen molar-refractivity contribution in [3.05, 3.63) is 48.0 Å². The Balaban J connectivity index is 2.11. The Morgan fingerprint density at radius 1 is 1.12 bits per heavy atom. The van der Waals surface area contributed by atoms with Gasteiger partial charge in [0.2, 0.25) is 11.8 Å². The minimum absolute atomic E-state index is 0.0530. The topological polar surface area (TPSA) is 92.8 Å². The molecule has 1 fully saturated rings. The van der Waals surface area contributed by atoms with E-state index in [2.05, 4.69) is 5.32 Å². The summed E-state index contributed by atoms with van der Waals surface area (Å²) in [5.41, 5.74) is 0.344. The Bertz CT molecular complexity index is 795. The third kappa shape index (κ3) is 7.70. The van der Waals surface area contributed by atoms with Crippen LogP contribution in [0.25, 0.3) is 0 Å². The molecule has 0 spiro atoms. The first kappa shape index (κ1) is 25.4. The molecule has 0 aliphatic carbocycles. The molecule has 0 unspecified atom stereocenters. The van der Waals surface area contributed by atoms with Crippen LogP contribution in [0.3, 0.4) is 0 Å². The number of carbonyl (C=O) groups excluding carboxylic acids is 3. The standard InChI is InChI=1S/C25H37N3O4/c1-19(28(24(31)32)25(2,3)4)23(30)26-21(14-13-20-11-7-5-8-12-20)15-16-22(29)27-17-9-6-10-18-27/h5,7-8,11-12,15-16,19,21H,6,9-10,13-14,17-18H2,1-4H3,(H,26,30)(H,31,32)/p-1/b16-15+/t19-,21-/m0/s1. The fraction of sp³-hybridized carbons (Fsp3) is 0.560. The fourth-order valence-corrected chi connectivity index (χ4v) is 4.04. The SMILES string of the molecule is C[C@@H](C(=O)N[C@H](/C=C/C(=O)N1CCCCC1)CCc1ccccc1)N(C(=O)[O-])C(C)(C)C. The highest BCUT2D eigenvalue weighted by Gasteiger charge is 2.31. The van der Waals surface area contributed by atoms with Crippen LogP contribution in [-0.2, 0) is 16.0 Å². The van der Waals surface area contributed by atoms with Crippen molar-refractivity contribution >= 4 is 17.9 Å². The van der Waals surface area contributed by atoms with Gasteiger partial charge in [0.1, 0.15) is 12.1 Å². The average molecular weight is 443 g/mol. The molecule has 1 heterocycles. The minimum atomic E-state index is -1.39. The maximum absolute atomic E-state index is 12.9. The molecular weight excluding hydrogens is 406 g/mol. The molecule has 0 saturated carbocycles. The van der Waals surface area contributed by atoms with Gasteiger partial charge in [0.15, 0.2) is 0 Å². The van der Waals surface area contributed by atoms with Crippen LogP contribution in [0.15, 0.2) is 42.5 Å². The molecule has 1 aromatic carbocycles. The van der Waals surface area contributed by atoms with E-state index in [1.54, 1.807) is 33.8 Å². The molecule has 2 atom stereocenters. The van der Waals surface area contributed by atoms with Gasteiger partial charge >= 0.3 is 0 Å². The molecule has 0 aromatic heterocycles. The summed E-state index contributed by atoms with van der Waals surface area (Å²) >= 11 is 0. The van der Waals surface area contributed by atoms with Gasteiger partial charge in [-0.15, -0.1) is 0 Å². The summed E-state index contributed by atoms with van der Waals surface area (Å²) in [6, 6.07) is 8.57. The zero-order chi connectivity index (χ0) is 23.7. The Morgan fingerprint density at radius 3 is 2.31 bits per heavy atom. The maximum atomic E-state index is 12.9. The zero-order valence-electron chi connectivity index (χ0n) is 19.7. The first-order valence-corrected chi connectivity index (χ1v) is 11.4. The van der Waals surface area contributed by atoms with Crippen LogP contribution in [-0.4, -0.2) is 58.4 Å². The fourth-order valence-electron chi connectivity index (χ4n) is 4.04. The van der Waals surface area contributed by atoms with Crippen LogP contribution in [0.4, 0.5) is 4.79 Å². The van der Waals surface area contributed by atoms with Gasteiger partial charge in [-0.1, -0.05) is 36.4 Å². The molecule has 0 radical (unpaired) electrons. The summed E-state index contributed by atoms with van der Waals surface area (Å²) in [5, 5.41) is 14.6. The van der Waals surface area contributed by atoms with Crippen molar-refractivity contribution in [2.45, 2.75) is 77.4 Å². The first-order valence-electron chi connectivity index (χ1n) is 11.4. The second-order valence-electron chi connectivity index (χ2n) is 9.37. The van der Waals surface area contributed by atoms with Crippen molar-refractivity contribution in [2.75, 3.05) is 13.1 Å². The molecule has 1 aromatic rings. The van der Waals surface area contributed by atoms with E-state index in [1.807, 2.05) is 35.2 Å². The lowest BCUT2D eigenvalue weighted by atomic mass is 10.0. The summed E-state index contributed by atoms with van der Waals surface area (Å²) in [6.45, 7) is 8.22. The quantitative estimate of drug-likeness (QED) is 0.626. The Kier molecular flexibility index (Phi) is 9.29. The highest BCUT2D eigenvalue weighted by atomic mass is 16.4. The third-order valence-corrected chi connectivity index (χ3v) is 5.74. The molecule has 176 valence electrons. The summed E-state index contributed by atoms with van der Waals surface area (Å²) < 4.78 is 0. The van der Waals surface area contributed by atoms with E-state index >= 15 is 0 Å². The van der Waals surface area contributed by atoms with Crippen molar-refractivity contribution < 1.29 is 19.5 Å². The lowest BCUT2D eigenvalue weighted by Gasteiger charge is -2.41. The van der Waals surface area contributed by atoms with Gasteiger partial charge in [0, 0.05) is 30.7 Å². The molecule has 32 heavy (non-hydrogen) atoms. The van der Waals surface area contributed by atoms with Gasteiger partial charge in [-0.2, -0.15) is 0 Å². The monoisotopic (exact) mass is 442 g/mol. The van der Waals surface area contributed by atoms with Gasteiger partial charge in [-0.3, -0.25) is 9.59 Å². The number of rotatable bonds is 8. The highest BCUT2D eigenvalue weighted by molar-refractivity contribution is 5.88. The lowest BCUT2D eigenvalue weighted by molar-refractivity contribution is -0.272. The molecular formula is C25H36N3O4-. The molecule has 0 bridgehead atoms. The number of nitrogens with zero attached hydrogens (tertiary/aromatic N) is 2. The van der Waals surface area contributed by atoms with E-state index in [9.17, 15) is 19.5 Å². The summed E-state index contributed by atoms with van der Waals surface area (Å²) in [7, 11) is 0. The smallest absolute Gasteiger partial charge is 0.246 e. The van der Waals surface area contributed by atoms with E-state index in [0.29, 0.717) is 12.8 Å². The van der Waals surface area contributed by atoms with E-state index in [0.717, 1.165) is 42.8 Å². The molecule has 2 rings (SSSR count). The van der Waals surface area contributed by atoms with E-state index in [4.69, 9.17) is 0 Å². The number of hydrogen-bond acceptors (Lipinski definition) is 4. The van der Waals surface area contributed by atoms with E-state index < -0.39 is 29.6 Å². The summed E-state index contributed by atoms with van der Waals surface area (Å²) in [4.78, 5) is 40.0. The third-order valence-electron chi connectivity index (χ3n) is 5.74. The summed E-state index contributed by atoms with van der Waals surface area (Å²) in [6.07, 6.45) is 6.34. The molecule has 1 aliphatic rings. The molecule has 7 heteroatoms. The number of likely N-dealkylation sites (tertiary alicyclic amines) is 1. The molecule has 1 N–H and O–H groups in total. The number of hydrogen-bond donors (Lipinski definition) is 1. The normalized spacial score (nSPS) is 16.4. The Hall–Kier alpha value is -2.83. The molecule has 3 amide bonds. The second-order valence-corrected chi connectivity index (χ2v) is 9.37. The predicted octanol–water partition coefficient (Wildman–Crippen LogP) is 2.50. The number of amides is 3. The maximum Gasteiger partial charge on any atom is 0.246 e. The van der Waals surface area contributed by atoms with Crippen LogP contribution in [0, 0.1) is 0 Å². The Labute approximate surface area is 191 Å². The number of nitrogens with one attached hydrogen (secondary N) is 1. The van der Waals surface area contributed by atoms with Crippen molar-refractivity contribution in [3.8, 4) is 0 Å². The van der Waals surface area contributed by atoms with Crippen molar-refractivity contribution in [2.24, 2.45) is 0 Å². The summed E-state index contributed by atoms with van der Waals surface area (Å²) in [5.74, 6) is -0.472. The second kappa shape index (κ2) is 11.7. The zero-order valence-corrected chi connectivity index (χ0v) is 19.7. The predicted molar refractivity (Wildman–Crippen MR) is 123 cm³/mol. The first-order chi connectivity index (χ1) is 15.1. The van der Waals surface area contributed by atoms with Gasteiger partial charge in [0.05, 0.1) is 0 Å². The number of carbonyl (C=O) groups is 3. The molecule has 7 nitrogen and oxygen atoms in total. The highest BCUT2D eigenvalue weighted by Crippen LogP contribution is 2.17. The molecule has 1 saturated heterocycles. The average Bonchev–Trinajstić information content (AvgIpc) is 2.75. The van der Waals surface area contributed by atoms with Crippen molar-refractivity contribution in [1.29, 1.82) is 0 Å². The van der Waals surface area contributed by atoms with Gasteiger partial charge < -0.3 is 25.0 Å². The number of piperidine rings is 1. The van der Waals surface area contributed by atoms with Gasteiger partial charge in [-0.25, -0.2) is 0 Å². The van der Waals surface area contributed by atoms with Gasteiger partial charge in [-0.05, 0) is 65.4 Å². The van der Waals surface area contributed by atoms with Gasteiger partial charge in [0.25, 0.3) is 0 Å². The number of aryl methyl sites for hydroxylation is 1. The number of carboxylic acid groups (broad SMARTS) is 1. The lowest BCUT2D eigenvalue weighted by Crippen LogP contribution is -2.60. The van der Waals surface area contributed by atoms with E-state index in [1.165, 1.54) is 6.08 Å². The van der Waals surface area contributed by atoms with Crippen LogP contribution in [0.5, 0.6) is 0 Å². The van der Waals surface area contributed by atoms with Crippen LogP contribution in [0.1, 0.15) is 58.9 Å². The Morgan fingerprint density at radius 2 is 1.75 bits per heavy atom. The minimum Gasteiger partial charge on any atom is -0.530 e. The molecule has 1 aliphatic heterocycles. The van der Waals surface area contributed by atoms with Crippen molar-refractivity contribution in [1.82, 2.24) is 15.1 Å². The largest absolute Gasteiger partial charge is 0.530 e. The van der Waals surface area contributed by atoms with E-state index in [-0.39, 0.29) is 5.91 Å². The van der Waals surface area contributed by atoms with Crippen molar-refractivity contribution in [3.63, 3.8) is 0 Å².